The average molecular weight is 464 g/mol. The molecule has 0 atom stereocenters. The van der Waals surface area contributed by atoms with E-state index in [0.29, 0.717) is 10.8 Å². The van der Waals surface area contributed by atoms with Crippen molar-refractivity contribution in [3.8, 4) is 56.8 Å². The molecule has 10 heteroatoms. The first kappa shape index (κ1) is 22.1. The van der Waals surface area contributed by atoms with Gasteiger partial charge in [0.25, 0.3) is 0 Å². The van der Waals surface area contributed by atoms with Crippen molar-refractivity contribution in [1.82, 2.24) is 0 Å². The van der Waals surface area contributed by atoms with E-state index in [1.165, 1.54) is 12.1 Å². The lowest BCUT2D eigenvalue weighted by atomic mass is 9.88. The van der Waals surface area contributed by atoms with E-state index < -0.39 is 57.6 Å². The quantitative estimate of drug-likeness (QED) is 0.206. The summed E-state index contributed by atoms with van der Waals surface area (Å²) in [5, 5.41) is 80.8. The lowest BCUT2D eigenvalue weighted by Gasteiger charge is -2.17. The zero-order valence-electron chi connectivity index (χ0n) is 17.0. The molecule has 0 aromatic heterocycles. The van der Waals surface area contributed by atoms with E-state index >= 15 is 0 Å². The van der Waals surface area contributed by atoms with Gasteiger partial charge in [0.05, 0.1) is 11.1 Å². The lowest BCUT2D eigenvalue weighted by molar-refractivity contribution is 0.0686. The van der Waals surface area contributed by atoms with Gasteiger partial charge in [-0.15, -0.1) is 0 Å². The normalized spacial score (nSPS) is 10.9. The van der Waals surface area contributed by atoms with Crippen LogP contribution >= 0.6 is 0 Å². The summed E-state index contributed by atoms with van der Waals surface area (Å²) in [7, 11) is 0. The number of benzene rings is 4. The van der Waals surface area contributed by atoms with Crippen molar-refractivity contribution in [1.29, 1.82) is 0 Å². The third kappa shape index (κ3) is 3.30. The molecule has 0 aliphatic rings. The van der Waals surface area contributed by atoms with Crippen LogP contribution in [0.4, 0.5) is 0 Å². The number of carbonyl (C=O) groups is 2. The minimum Gasteiger partial charge on any atom is -0.504 e. The molecule has 0 bridgehead atoms. The van der Waals surface area contributed by atoms with Crippen molar-refractivity contribution in [2.24, 2.45) is 0 Å². The van der Waals surface area contributed by atoms with Crippen LogP contribution in [0.3, 0.4) is 0 Å². The summed E-state index contributed by atoms with van der Waals surface area (Å²) in [6.07, 6.45) is 0. The maximum absolute atomic E-state index is 11.9. The van der Waals surface area contributed by atoms with E-state index in [0.717, 1.165) is 12.1 Å². The highest BCUT2D eigenvalue weighted by Gasteiger charge is 2.27. The summed E-state index contributed by atoms with van der Waals surface area (Å²) in [6, 6.07) is 10.6. The molecule has 4 aromatic rings. The SMILES string of the molecule is O=C(O)c1cc(O)c(O)c(O)c1-c1cc(-c2c(C(=O)O)cc(O)c(O)c2O)c2ccccc2c1. The molecular weight excluding hydrogens is 448 g/mol. The number of aromatic carboxylic acids is 2. The van der Waals surface area contributed by atoms with Gasteiger partial charge in [0.2, 0.25) is 11.5 Å². The Morgan fingerprint density at radius 1 is 0.588 bits per heavy atom. The number of fused-ring (bicyclic) bond motifs is 1. The number of hydrogen-bond acceptors (Lipinski definition) is 8. The van der Waals surface area contributed by atoms with Gasteiger partial charge in [-0.2, -0.15) is 0 Å². The molecule has 34 heavy (non-hydrogen) atoms. The van der Waals surface area contributed by atoms with E-state index in [4.69, 9.17) is 0 Å². The van der Waals surface area contributed by atoms with Gasteiger partial charge in [-0.25, -0.2) is 9.59 Å². The standard InChI is InChI=1S/C24H16O10/c25-15-7-13(23(31)32)17(21(29)19(15)27)10-5-9-3-1-2-4-11(9)12(6-10)18-14(24(33)34)8-16(26)20(28)22(18)30/h1-8,25-30H,(H,31,32)(H,33,34). The minimum absolute atomic E-state index is 0.0118. The molecule has 8 N–H and O–H groups in total. The van der Waals surface area contributed by atoms with Crippen LogP contribution in [0.25, 0.3) is 33.0 Å². The largest absolute Gasteiger partial charge is 0.504 e. The highest BCUT2D eigenvalue weighted by molar-refractivity contribution is 6.09. The number of aromatic hydroxyl groups is 6. The van der Waals surface area contributed by atoms with Crippen LogP contribution in [-0.4, -0.2) is 52.8 Å². The highest BCUT2D eigenvalue weighted by atomic mass is 16.4. The van der Waals surface area contributed by atoms with Crippen molar-refractivity contribution in [3.05, 3.63) is 59.7 Å². The summed E-state index contributed by atoms with van der Waals surface area (Å²) in [6.45, 7) is 0. The van der Waals surface area contributed by atoms with Crippen LogP contribution in [-0.2, 0) is 0 Å². The predicted molar refractivity (Wildman–Crippen MR) is 119 cm³/mol. The molecule has 0 saturated heterocycles. The van der Waals surface area contributed by atoms with Crippen LogP contribution in [0.2, 0.25) is 0 Å². The predicted octanol–water partition coefficient (Wildman–Crippen LogP) is 3.80. The molecule has 0 saturated carbocycles. The van der Waals surface area contributed by atoms with Crippen molar-refractivity contribution < 1.29 is 50.4 Å². The van der Waals surface area contributed by atoms with Gasteiger partial charge in [-0.05, 0) is 46.2 Å². The smallest absolute Gasteiger partial charge is 0.336 e. The maximum atomic E-state index is 11.9. The molecule has 0 aliphatic carbocycles. The third-order valence-electron chi connectivity index (χ3n) is 5.39. The Morgan fingerprint density at radius 3 is 1.65 bits per heavy atom. The second-order valence-electron chi connectivity index (χ2n) is 7.39. The van der Waals surface area contributed by atoms with Crippen LogP contribution < -0.4 is 0 Å². The molecule has 0 aliphatic heterocycles. The summed E-state index contributed by atoms with van der Waals surface area (Å²) in [5.41, 5.74) is -1.88. The van der Waals surface area contributed by atoms with Crippen molar-refractivity contribution in [3.63, 3.8) is 0 Å². The van der Waals surface area contributed by atoms with Crippen LogP contribution in [0.1, 0.15) is 20.7 Å². The van der Waals surface area contributed by atoms with Gasteiger partial charge >= 0.3 is 11.9 Å². The molecule has 4 aromatic carbocycles. The number of phenols is 6. The number of carboxylic acids is 2. The number of carboxylic acid groups (broad SMARTS) is 2. The first-order valence-corrected chi connectivity index (χ1v) is 9.58. The number of hydrogen-bond donors (Lipinski definition) is 8. The Labute approximate surface area is 190 Å². The van der Waals surface area contributed by atoms with E-state index in [1.54, 1.807) is 24.3 Å². The molecule has 0 heterocycles. The van der Waals surface area contributed by atoms with Crippen molar-refractivity contribution in [2.75, 3.05) is 0 Å². The van der Waals surface area contributed by atoms with Crippen molar-refractivity contribution in [2.45, 2.75) is 0 Å². The van der Waals surface area contributed by atoms with Crippen molar-refractivity contribution >= 4 is 22.7 Å². The first-order chi connectivity index (χ1) is 16.0. The molecule has 0 radical (unpaired) electrons. The second-order valence-corrected chi connectivity index (χ2v) is 7.39. The topological polar surface area (TPSA) is 196 Å². The van der Waals surface area contributed by atoms with E-state index in [-0.39, 0.29) is 22.3 Å². The molecule has 4 rings (SSSR count). The maximum Gasteiger partial charge on any atom is 0.336 e. The summed E-state index contributed by atoms with van der Waals surface area (Å²) < 4.78 is 0. The van der Waals surface area contributed by atoms with Gasteiger partial charge < -0.3 is 40.9 Å². The Morgan fingerprint density at radius 2 is 1.09 bits per heavy atom. The first-order valence-electron chi connectivity index (χ1n) is 9.58. The molecule has 0 spiro atoms. The monoisotopic (exact) mass is 464 g/mol. The third-order valence-corrected chi connectivity index (χ3v) is 5.39. The van der Waals surface area contributed by atoms with Gasteiger partial charge in [0.1, 0.15) is 0 Å². The summed E-state index contributed by atoms with van der Waals surface area (Å²) >= 11 is 0. The van der Waals surface area contributed by atoms with Gasteiger partial charge in [-0.1, -0.05) is 24.3 Å². The highest BCUT2D eigenvalue weighted by Crippen LogP contribution is 2.50. The number of phenolic OH excluding ortho intramolecular Hbond substituents is 6. The molecule has 0 amide bonds. The van der Waals surface area contributed by atoms with E-state index in [2.05, 4.69) is 0 Å². The van der Waals surface area contributed by atoms with Crippen LogP contribution in [0, 0.1) is 0 Å². The second kappa shape index (κ2) is 7.78. The molecule has 172 valence electrons. The Bertz CT molecular complexity index is 1520. The minimum atomic E-state index is -1.54. The van der Waals surface area contributed by atoms with E-state index in [9.17, 15) is 50.4 Å². The summed E-state index contributed by atoms with van der Waals surface area (Å²) in [4.78, 5) is 23.7. The van der Waals surface area contributed by atoms with E-state index in [1.807, 2.05) is 0 Å². The fourth-order valence-electron chi connectivity index (χ4n) is 3.85. The molecular formula is C24H16O10. The fourth-order valence-corrected chi connectivity index (χ4v) is 3.85. The Kier molecular flexibility index (Phi) is 5.06. The molecule has 0 unspecified atom stereocenters. The zero-order chi connectivity index (χ0) is 24.9. The lowest BCUT2D eigenvalue weighted by Crippen LogP contribution is -2.02. The average Bonchev–Trinajstić information content (AvgIpc) is 2.79. The Hall–Kier alpha value is -5.12. The molecule has 0 fully saturated rings. The fraction of sp³-hybridized carbons (Fsp3) is 0. The Balaban J connectivity index is 2.19. The van der Waals surface area contributed by atoms with Gasteiger partial charge in [-0.3, -0.25) is 0 Å². The van der Waals surface area contributed by atoms with Crippen LogP contribution in [0.5, 0.6) is 34.5 Å². The summed E-state index contributed by atoms with van der Waals surface area (Å²) in [5.74, 6) is -8.61. The number of rotatable bonds is 4. The zero-order valence-corrected chi connectivity index (χ0v) is 17.0. The molecule has 10 nitrogen and oxygen atoms in total. The van der Waals surface area contributed by atoms with Gasteiger partial charge in [0.15, 0.2) is 23.0 Å². The van der Waals surface area contributed by atoms with Crippen LogP contribution in [0.15, 0.2) is 48.5 Å². The van der Waals surface area contributed by atoms with Gasteiger partial charge in [0, 0.05) is 11.1 Å².